The number of pyridine rings is 2. The average molecular weight is 683 g/mol. The molecule has 0 spiro atoms. The van der Waals surface area contributed by atoms with Crippen molar-refractivity contribution in [3.63, 3.8) is 0 Å². The monoisotopic (exact) mass is 681 g/mol. The predicted molar refractivity (Wildman–Crippen MR) is 195 cm³/mol. The number of nitrogens with one attached hydrogen (secondary N) is 7. The van der Waals surface area contributed by atoms with Crippen LogP contribution in [0.2, 0.25) is 10.0 Å². The lowest BCUT2D eigenvalue weighted by molar-refractivity contribution is -1.01. The summed E-state index contributed by atoms with van der Waals surface area (Å²) < 4.78 is 0. The van der Waals surface area contributed by atoms with E-state index in [0.29, 0.717) is 0 Å². The van der Waals surface area contributed by atoms with E-state index in [2.05, 4.69) is 44.9 Å². The van der Waals surface area contributed by atoms with Crippen LogP contribution in [0.3, 0.4) is 0 Å². The van der Waals surface area contributed by atoms with Gasteiger partial charge in [0.2, 0.25) is 5.52 Å². The van der Waals surface area contributed by atoms with E-state index < -0.39 is 0 Å². The predicted octanol–water partition coefficient (Wildman–Crippen LogP) is 0.550. The zero-order chi connectivity index (χ0) is 32.3. The maximum absolute atomic E-state index is 6.16. The SMILES string of the molecule is Clc1ccc2c(NCC[NH+]3CC[NH+](CCCCCCC[NH+]4CC[NH+](CCNc5cc[nH+]c6cc(Cl)ccc56)CC4)CC3)ccnc2c1. The van der Waals surface area contributed by atoms with Crippen molar-refractivity contribution in [2.45, 2.75) is 32.1 Å². The summed E-state index contributed by atoms with van der Waals surface area (Å²) in [5.74, 6) is 0. The van der Waals surface area contributed by atoms with Crippen molar-refractivity contribution in [3.05, 3.63) is 71.0 Å². The smallest absolute Gasteiger partial charge is 0.214 e. The molecule has 7 N–H and O–H groups in total. The van der Waals surface area contributed by atoms with Crippen LogP contribution < -0.4 is 35.2 Å². The summed E-state index contributed by atoms with van der Waals surface area (Å²) in [6.45, 7) is 17.5. The van der Waals surface area contributed by atoms with Crippen LogP contribution in [0.4, 0.5) is 11.4 Å². The molecule has 4 heterocycles. The van der Waals surface area contributed by atoms with Crippen molar-refractivity contribution < 1.29 is 24.6 Å². The van der Waals surface area contributed by atoms with Crippen molar-refractivity contribution >= 4 is 56.4 Å². The van der Waals surface area contributed by atoms with Crippen LogP contribution >= 0.6 is 23.2 Å². The van der Waals surface area contributed by atoms with Gasteiger partial charge in [-0.1, -0.05) is 29.6 Å². The van der Waals surface area contributed by atoms with Gasteiger partial charge in [-0.05, 0) is 62.1 Å². The van der Waals surface area contributed by atoms with Crippen LogP contribution in [0, 0.1) is 0 Å². The van der Waals surface area contributed by atoms with E-state index in [1.807, 2.05) is 46.5 Å². The van der Waals surface area contributed by atoms with Crippen LogP contribution in [0.1, 0.15) is 32.1 Å². The highest BCUT2D eigenvalue weighted by Crippen LogP contribution is 2.24. The van der Waals surface area contributed by atoms with Gasteiger partial charge < -0.3 is 30.2 Å². The van der Waals surface area contributed by atoms with E-state index in [9.17, 15) is 0 Å². The Kier molecular flexibility index (Phi) is 12.8. The molecule has 2 aromatic heterocycles. The zero-order valence-corrected chi connectivity index (χ0v) is 29.4. The Hall–Kier alpha value is -2.72. The molecule has 2 aliphatic rings. The third-order valence-corrected chi connectivity index (χ3v) is 10.9. The van der Waals surface area contributed by atoms with E-state index in [1.165, 1.54) is 122 Å². The lowest BCUT2D eigenvalue weighted by Crippen LogP contribution is -3.28. The number of piperazine rings is 2. The molecule has 0 unspecified atom stereocenters. The summed E-state index contributed by atoms with van der Waals surface area (Å²) in [5.41, 5.74) is 4.37. The van der Waals surface area contributed by atoms with E-state index in [-0.39, 0.29) is 0 Å². The molecule has 2 aliphatic heterocycles. The summed E-state index contributed by atoms with van der Waals surface area (Å²) in [6, 6.07) is 16.2. The third kappa shape index (κ3) is 10.1. The highest BCUT2D eigenvalue weighted by atomic mass is 35.5. The van der Waals surface area contributed by atoms with Crippen molar-refractivity contribution in [2.75, 3.05) is 102 Å². The van der Waals surface area contributed by atoms with Gasteiger partial charge in [0.1, 0.15) is 52.4 Å². The second-order valence-electron chi connectivity index (χ2n) is 13.7. The number of anilines is 2. The molecular weight excluding hydrogens is 627 g/mol. The molecule has 2 fully saturated rings. The molecule has 0 bridgehead atoms. The normalized spacial score (nSPS) is 21.7. The van der Waals surface area contributed by atoms with Gasteiger partial charge in [0.25, 0.3) is 0 Å². The van der Waals surface area contributed by atoms with Crippen molar-refractivity contribution in [3.8, 4) is 0 Å². The first-order valence-corrected chi connectivity index (χ1v) is 18.8. The number of hydrogen-bond acceptors (Lipinski definition) is 3. The molecule has 0 amide bonds. The molecule has 0 atom stereocenters. The molecule has 4 aromatic rings. The minimum absolute atomic E-state index is 0.735. The third-order valence-electron chi connectivity index (χ3n) is 10.4. The van der Waals surface area contributed by atoms with Crippen molar-refractivity contribution in [1.82, 2.24) is 4.98 Å². The van der Waals surface area contributed by atoms with Gasteiger partial charge in [-0.25, -0.2) is 4.98 Å². The van der Waals surface area contributed by atoms with Gasteiger partial charge in [0.15, 0.2) is 6.20 Å². The lowest BCUT2D eigenvalue weighted by atomic mass is 10.1. The Morgan fingerprint density at radius 1 is 0.574 bits per heavy atom. The maximum atomic E-state index is 6.16. The van der Waals surface area contributed by atoms with E-state index in [1.54, 1.807) is 9.80 Å². The summed E-state index contributed by atoms with van der Waals surface area (Å²) in [7, 11) is 0. The van der Waals surface area contributed by atoms with Crippen LogP contribution in [-0.2, 0) is 0 Å². The van der Waals surface area contributed by atoms with E-state index in [0.717, 1.165) is 45.2 Å². The molecule has 0 saturated carbocycles. The number of hydrogen-bond donors (Lipinski definition) is 6. The summed E-state index contributed by atoms with van der Waals surface area (Å²) in [4.78, 5) is 14.9. The van der Waals surface area contributed by atoms with Crippen LogP contribution in [-0.4, -0.2) is 96.6 Å². The number of benzene rings is 2. The minimum Gasteiger partial charge on any atom is -0.379 e. The maximum Gasteiger partial charge on any atom is 0.214 e. The number of rotatable bonds is 16. The van der Waals surface area contributed by atoms with Gasteiger partial charge >= 0.3 is 0 Å². The van der Waals surface area contributed by atoms with Crippen molar-refractivity contribution in [2.24, 2.45) is 0 Å². The topological polar surface area (TPSA) is 68.8 Å². The molecule has 8 nitrogen and oxygen atoms in total. The summed E-state index contributed by atoms with van der Waals surface area (Å²) in [5, 5.41) is 11.2. The number of unbranched alkanes of at least 4 members (excludes halogenated alkanes) is 4. The summed E-state index contributed by atoms with van der Waals surface area (Å²) in [6.07, 6.45) is 10.8. The van der Waals surface area contributed by atoms with Crippen LogP contribution in [0.15, 0.2) is 60.9 Å². The zero-order valence-electron chi connectivity index (χ0n) is 27.9. The standard InChI is InChI=1S/C37H50Cl2N8/c38-30-6-8-32-34(10-12-40-36(32)28-30)42-14-18-46-24-20-44(21-25-46)16-4-2-1-3-5-17-45-22-26-47(27-23-45)19-15-43-35-11-13-41-37-29-31(39)7-9-33(35)37/h6-13,28-29H,1-5,14-27H2,(H,40,42)(H,41,43)/p+5. The largest absolute Gasteiger partial charge is 0.379 e. The fraction of sp³-hybridized carbons (Fsp3) is 0.514. The van der Waals surface area contributed by atoms with Crippen LogP contribution in [0.5, 0.6) is 0 Å². The molecular formula is C37H55Cl2N8+5. The molecule has 47 heavy (non-hydrogen) atoms. The Balaban J connectivity index is 0.756. The number of aromatic amines is 1. The number of nitrogens with zero attached hydrogens (tertiary/aromatic N) is 1. The molecule has 0 radical (unpaired) electrons. The Morgan fingerprint density at radius 3 is 1.70 bits per heavy atom. The highest BCUT2D eigenvalue weighted by Gasteiger charge is 2.23. The first-order valence-electron chi connectivity index (χ1n) is 18.1. The number of fused-ring (bicyclic) bond motifs is 2. The van der Waals surface area contributed by atoms with E-state index in [4.69, 9.17) is 23.2 Å². The van der Waals surface area contributed by atoms with E-state index >= 15 is 0 Å². The average Bonchev–Trinajstić information content (AvgIpc) is 3.09. The van der Waals surface area contributed by atoms with Gasteiger partial charge in [0.05, 0.1) is 55.9 Å². The lowest BCUT2D eigenvalue weighted by Gasteiger charge is -2.30. The summed E-state index contributed by atoms with van der Waals surface area (Å²) >= 11 is 12.3. The second kappa shape index (κ2) is 17.6. The Labute approximate surface area is 290 Å². The Morgan fingerprint density at radius 2 is 1.09 bits per heavy atom. The van der Waals surface area contributed by atoms with Gasteiger partial charge in [0, 0.05) is 39.4 Å². The van der Waals surface area contributed by atoms with Gasteiger partial charge in [-0.15, -0.1) is 0 Å². The molecule has 2 saturated heterocycles. The second-order valence-corrected chi connectivity index (χ2v) is 14.6. The molecule has 6 rings (SSSR count). The number of H-pyrrole nitrogens is 1. The first kappa shape index (κ1) is 34.2. The molecule has 2 aromatic carbocycles. The highest BCUT2D eigenvalue weighted by molar-refractivity contribution is 6.31. The number of halogens is 2. The molecule has 252 valence electrons. The first-order chi connectivity index (χ1) is 23.1. The fourth-order valence-electron chi connectivity index (χ4n) is 7.55. The Bertz CT molecular complexity index is 1440. The van der Waals surface area contributed by atoms with Crippen LogP contribution in [0.25, 0.3) is 21.8 Å². The number of quaternary nitrogens is 4. The quantitative estimate of drug-likeness (QED) is 0.0980. The molecule has 10 heteroatoms. The minimum atomic E-state index is 0.735. The number of aromatic nitrogens is 2. The van der Waals surface area contributed by atoms with Crippen molar-refractivity contribution in [1.29, 1.82) is 0 Å². The van der Waals surface area contributed by atoms with Gasteiger partial charge in [-0.3, -0.25) is 4.98 Å². The molecule has 0 aliphatic carbocycles. The van der Waals surface area contributed by atoms with Gasteiger partial charge in [-0.2, -0.15) is 0 Å². The fourth-order valence-corrected chi connectivity index (χ4v) is 7.89.